The molecule has 0 atom stereocenters. The van der Waals surface area contributed by atoms with Gasteiger partial charge in [0.2, 0.25) is 0 Å². The van der Waals surface area contributed by atoms with Crippen molar-refractivity contribution < 1.29 is 9.59 Å². The maximum atomic E-state index is 13.7. The second kappa shape index (κ2) is 10.4. The van der Waals surface area contributed by atoms with Gasteiger partial charge in [-0.3, -0.25) is 18.7 Å². The lowest BCUT2D eigenvalue weighted by Gasteiger charge is -2.28. The molecule has 5 rings (SSSR count). The lowest BCUT2D eigenvalue weighted by molar-refractivity contribution is 0.0707. The normalized spacial score (nSPS) is 12.9. The molecule has 8 heteroatoms. The first-order valence-electron chi connectivity index (χ1n) is 12.1. The summed E-state index contributed by atoms with van der Waals surface area (Å²) in [6.45, 7) is 2.73. The molecule has 0 unspecified atom stereocenters. The number of aromatic nitrogens is 2. The van der Waals surface area contributed by atoms with Crippen LogP contribution < -0.4 is 5.69 Å². The quantitative estimate of drug-likeness (QED) is 0.297. The first-order chi connectivity index (χ1) is 17.8. The van der Waals surface area contributed by atoms with Crippen LogP contribution in [0.1, 0.15) is 44.1 Å². The monoisotopic (exact) mass is 533 g/mol. The summed E-state index contributed by atoms with van der Waals surface area (Å²) in [6.07, 6.45) is 0.797. The Hall–Kier alpha value is -3.61. The maximum absolute atomic E-state index is 13.7. The average molecular weight is 534 g/mol. The van der Waals surface area contributed by atoms with Crippen molar-refractivity contribution in [3.63, 3.8) is 0 Å². The van der Waals surface area contributed by atoms with Crippen molar-refractivity contribution in [3.8, 4) is 5.69 Å². The number of halogens is 2. The molecule has 6 nitrogen and oxygen atoms in total. The van der Waals surface area contributed by atoms with Crippen molar-refractivity contribution in [3.05, 3.63) is 121 Å². The Morgan fingerprint density at radius 3 is 2.32 bits per heavy atom. The first-order valence-corrected chi connectivity index (χ1v) is 12.8. The highest BCUT2D eigenvalue weighted by atomic mass is 35.5. The topological polar surface area (TPSA) is 64.3 Å². The molecule has 0 N–H and O–H groups in total. The van der Waals surface area contributed by atoms with Crippen LogP contribution in [0.2, 0.25) is 10.0 Å². The lowest BCUT2D eigenvalue weighted by Crippen LogP contribution is -2.41. The van der Waals surface area contributed by atoms with Gasteiger partial charge in [0.15, 0.2) is 5.78 Å². The Bertz CT molecular complexity index is 1540. The Morgan fingerprint density at radius 2 is 1.62 bits per heavy atom. The molecule has 0 aliphatic carbocycles. The molecule has 0 fully saturated rings. The van der Waals surface area contributed by atoms with Crippen molar-refractivity contribution in [1.29, 1.82) is 0 Å². The molecule has 1 aliphatic rings. The fourth-order valence-corrected chi connectivity index (χ4v) is 4.98. The fraction of sp³-hybridized carbons (Fsp3) is 0.207. The van der Waals surface area contributed by atoms with Gasteiger partial charge in [0.05, 0.1) is 28.0 Å². The molecule has 0 saturated carbocycles. The third-order valence-electron chi connectivity index (χ3n) is 6.67. The average Bonchev–Trinajstić information content (AvgIpc) is 3.21. The summed E-state index contributed by atoms with van der Waals surface area (Å²) >= 11 is 12.2. The van der Waals surface area contributed by atoms with Crippen molar-refractivity contribution in [1.82, 2.24) is 14.0 Å². The van der Waals surface area contributed by atoms with Gasteiger partial charge in [-0.05, 0) is 49.2 Å². The van der Waals surface area contributed by atoms with Gasteiger partial charge in [-0.1, -0.05) is 71.2 Å². The summed E-state index contributed by atoms with van der Waals surface area (Å²) in [4.78, 5) is 42.2. The van der Waals surface area contributed by atoms with E-state index < -0.39 is 0 Å². The maximum Gasteiger partial charge on any atom is 0.333 e. The zero-order chi connectivity index (χ0) is 26.1. The molecule has 2 heterocycles. The molecule has 1 aromatic heterocycles. The summed E-state index contributed by atoms with van der Waals surface area (Å²) in [5.74, 6) is -0.373. The van der Waals surface area contributed by atoms with E-state index in [4.69, 9.17) is 23.2 Å². The molecule has 188 valence electrons. The number of ketones is 1. The van der Waals surface area contributed by atoms with Gasteiger partial charge in [0.25, 0.3) is 5.91 Å². The summed E-state index contributed by atoms with van der Waals surface area (Å²) < 4.78 is 3.11. The van der Waals surface area contributed by atoms with Gasteiger partial charge < -0.3 is 4.90 Å². The zero-order valence-corrected chi connectivity index (χ0v) is 21.8. The van der Waals surface area contributed by atoms with Gasteiger partial charge >= 0.3 is 5.69 Å². The Balaban J connectivity index is 1.53. The molecule has 1 aliphatic heterocycles. The highest BCUT2D eigenvalue weighted by Crippen LogP contribution is 2.26. The molecule has 0 bridgehead atoms. The Morgan fingerprint density at radius 1 is 0.892 bits per heavy atom. The third-order valence-corrected chi connectivity index (χ3v) is 7.41. The van der Waals surface area contributed by atoms with E-state index in [-0.39, 0.29) is 30.3 Å². The van der Waals surface area contributed by atoms with E-state index >= 15 is 0 Å². The van der Waals surface area contributed by atoms with E-state index in [1.54, 1.807) is 21.6 Å². The van der Waals surface area contributed by atoms with Crippen LogP contribution in [-0.4, -0.2) is 32.3 Å². The molecular formula is C29H25Cl2N3O3. The van der Waals surface area contributed by atoms with Gasteiger partial charge in [-0.25, -0.2) is 4.79 Å². The predicted molar refractivity (Wildman–Crippen MR) is 145 cm³/mol. The summed E-state index contributed by atoms with van der Waals surface area (Å²) in [6, 6.07) is 22.0. The molecular weight excluding hydrogens is 509 g/mol. The molecule has 0 radical (unpaired) electrons. The summed E-state index contributed by atoms with van der Waals surface area (Å²) in [5.41, 5.74) is 3.73. The molecule has 0 saturated heterocycles. The molecule has 0 spiro atoms. The number of amides is 1. The minimum Gasteiger partial charge on any atom is -0.331 e. The molecule has 1 amide bonds. The SMILES string of the molecule is Cc1ccc(-n2c(C(=O)CCc3ccccc3)c3n(c2=O)CCN(C(=O)c2ccc(Cl)c(Cl)c2)C3)cc1. The van der Waals surface area contributed by atoms with Crippen LogP contribution in [0.25, 0.3) is 5.69 Å². The number of aryl methyl sites for hydroxylation is 2. The largest absolute Gasteiger partial charge is 0.333 e. The smallest absolute Gasteiger partial charge is 0.331 e. The minimum absolute atomic E-state index is 0.138. The van der Waals surface area contributed by atoms with Crippen LogP contribution in [0.3, 0.4) is 0 Å². The molecule has 3 aromatic carbocycles. The first kappa shape index (κ1) is 25.1. The minimum atomic E-state index is -0.274. The van der Waals surface area contributed by atoms with Crippen molar-refractivity contribution in [2.75, 3.05) is 6.54 Å². The van der Waals surface area contributed by atoms with Gasteiger partial charge in [0.1, 0.15) is 5.69 Å². The number of Topliss-reactive ketones (excluding diaryl/α,β-unsaturated/α-hetero) is 1. The number of rotatable bonds is 6. The number of benzene rings is 3. The van der Waals surface area contributed by atoms with Gasteiger partial charge in [0, 0.05) is 25.1 Å². The third kappa shape index (κ3) is 4.99. The molecule has 4 aromatic rings. The number of fused-ring (bicyclic) bond motifs is 1. The van der Waals surface area contributed by atoms with Crippen molar-refractivity contribution in [2.24, 2.45) is 0 Å². The van der Waals surface area contributed by atoms with E-state index in [1.165, 1.54) is 10.6 Å². The van der Waals surface area contributed by atoms with E-state index in [1.807, 2.05) is 61.5 Å². The number of carbonyl (C=O) groups is 2. The number of nitrogens with zero attached hydrogens (tertiary/aromatic N) is 3. The van der Waals surface area contributed by atoms with E-state index in [0.29, 0.717) is 52.2 Å². The van der Waals surface area contributed by atoms with Crippen LogP contribution in [0.4, 0.5) is 0 Å². The lowest BCUT2D eigenvalue weighted by atomic mass is 10.0. The number of imidazole rings is 1. The van der Waals surface area contributed by atoms with E-state index in [0.717, 1.165) is 11.1 Å². The molecule has 37 heavy (non-hydrogen) atoms. The fourth-order valence-electron chi connectivity index (χ4n) is 4.69. The Kier molecular flexibility index (Phi) is 7.04. The Labute approximate surface area is 224 Å². The summed E-state index contributed by atoms with van der Waals surface area (Å²) in [5, 5.41) is 0.663. The van der Waals surface area contributed by atoms with Crippen LogP contribution in [0, 0.1) is 6.92 Å². The highest BCUT2D eigenvalue weighted by Gasteiger charge is 2.32. The van der Waals surface area contributed by atoms with Crippen LogP contribution in [-0.2, 0) is 19.5 Å². The van der Waals surface area contributed by atoms with Crippen LogP contribution in [0.5, 0.6) is 0 Å². The van der Waals surface area contributed by atoms with Crippen molar-refractivity contribution in [2.45, 2.75) is 32.9 Å². The zero-order valence-electron chi connectivity index (χ0n) is 20.3. The number of hydrogen-bond acceptors (Lipinski definition) is 3. The predicted octanol–water partition coefficient (Wildman–Crippen LogP) is 5.73. The second-order valence-corrected chi connectivity index (χ2v) is 9.98. The summed E-state index contributed by atoms with van der Waals surface area (Å²) in [7, 11) is 0. The van der Waals surface area contributed by atoms with E-state index in [2.05, 4.69) is 0 Å². The second-order valence-electron chi connectivity index (χ2n) is 9.16. The highest BCUT2D eigenvalue weighted by molar-refractivity contribution is 6.42. The van der Waals surface area contributed by atoms with Crippen molar-refractivity contribution >= 4 is 34.9 Å². The van der Waals surface area contributed by atoms with Gasteiger partial charge in [-0.2, -0.15) is 0 Å². The number of carbonyl (C=O) groups excluding carboxylic acids is 2. The number of hydrogen-bond donors (Lipinski definition) is 0. The standard InChI is InChI=1S/C29H25Cl2N3O3/c1-19-7-11-22(12-8-19)34-27(26(35)14-9-20-5-3-2-4-6-20)25-18-32(15-16-33(25)29(34)37)28(36)21-10-13-23(30)24(31)17-21/h2-8,10-13,17H,9,14-16,18H2,1H3. The van der Waals surface area contributed by atoms with Gasteiger partial charge in [-0.15, -0.1) is 0 Å². The van der Waals surface area contributed by atoms with E-state index in [9.17, 15) is 14.4 Å². The van der Waals surface area contributed by atoms with Crippen LogP contribution >= 0.6 is 23.2 Å². The van der Waals surface area contributed by atoms with Crippen LogP contribution in [0.15, 0.2) is 77.6 Å².